The molecule has 3 rings (SSSR count). The number of fused-ring (bicyclic) bond motifs is 1. The zero-order chi connectivity index (χ0) is 14.8. The summed E-state index contributed by atoms with van der Waals surface area (Å²) in [6.45, 7) is 1.92. The first-order chi connectivity index (χ1) is 10.2. The van der Waals surface area contributed by atoms with Gasteiger partial charge in [0.25, 0.3) is 5.91 Å². The molecule has 0 saturated carbocycles. The Morgan fingerprint density at radius 1 is 1.14 bits per heavy atom. The predicted octanol–water partition coefficient (Wildman–Crippen LogP) is 3.60. The third-order valence-electron chi connectivity index (χ3n) is 3.46. The van der Waals surface area contributed by atoms with Gasteiger partial charge in [-0.2, -0.15) is 5.26 Å². The van der Waals surface area contributed by atoms with Gasteiger partial charge in [0.15, 0.2) is 0 Å². The maximum absolute atomic E-state index is 12.4. The van der Waals surface area contributed by atoms with Crippen LogP contribution in [-0.2, 0) is 0 Å². The van der Waals surface area contributed by atoms with Crippen LogP contribution >= 0.6 is 0 Å². The molecule has 0 bridgehead atoms. The summed E-state index contributed by atoms with van der Waals surface area (Å²) in [6.07, 6.45) is 0. The Hall–Kier alpha value is -3.06. The van der Waals surface area contributed by atoms with Crippen LogP contribution in [0.5, 0.6) is 0 Å². The number of rotatable bonds is 2. The molecular formula is C17H13N3O. The number of hydrogen-bond donors (Lipinski definition) is 2. The normalized spacial score (nSPS) is 10.3. The molecule has 0 fully saturated rings. The first-order valence-corrected chi connectivity index (χ1v) is 6.58. The minimum absolute atomic E-state index is 0.187. The number of aryl methyl sites for hydroxylation is 1. The molecule has 3 aromatic rings. The second-order valence-corrected chi connectivity index (χ2v) is 4.81. The molecule has 102 valence electrons. The van der Waals surface area contributed by atoms with Gasteiger partial charge in [-0.25, -0.2) is 0 Å². The monoisotopic (exact) mass is 275 g/mol. The fourth-order valence-corrected chi connectivity index (χ4v) is 2.33. The predicted molar refractivity (Wildman–Crippen MR) is 82.1 cm³/mol. The van der Waals surface area contributed by atoms with Crippen LogP contribution in [0.1, 0.15) is 21.6 Å². The minimum atomic E-state index is -0.187. The molecule has 0 saturated heterocycles. The number of hydrogen-bond acceptors (Lipinski definition) is 2. The Balaban J connectivity index is 1.90. The largest absolute Gasteiger partial charge is 0.350 e. The number of benzene rings is 2. The topological polar surface area (TPSA) is 68.7 Å². The van der Waals surface area contributed by atoms with Crippen molar-refractivity contribution < 1.29 is 4.79 Å². The number of H-pyrrole nitrogens is 1. The number of anilines is 1. The van der Waals surface area contributed by atoms with Crippen molar-refractivity contribution in [2.24, 2.45) is 0 Å². The van der Waals surface area contributed by atoms with E-state index in [1.807, 2.05) is 37.3 Å². The number of carbonyl (C=O) groups is 1. The number of carbonyl (C=O) groups excluding carboxylic acids is 1. The molecule has 0 aliphatic rings. The van der Waals surface area contributed by atoms with Gasteiger partial charge in [0.05, 0.1) is 11.6 Å². The quantitative estimate of drug-likeness (QED) is 0.750. The van der Waals surface area contributed by atoms with E-state index >= 15 is 0 Å². The van der Waals surface area contributed by atoms with Crippen molar-refractivity contribution in [2.75, 3.05) is 5.32 Å². The van der Waals surface area contributed by atoms with E-state index in [4.69, 9.17) is 5.26 Å². The van der Waals surface area contributed by atoms with E-state index in [-0.39, 0.29) is 5.91 Å². The van der Waals surface area contributed by atoms with Crippen molar-refractivity contribution in [3.8, 4) is 6.07 Å². The van der Waals surface area contributed by atoms with Crippen LogP contribution in [0.3, 0.4) is 0 Å². The fourth-order valence-electron chi connectivity index (χ4n) is 2.33. The van der Waals surface area contributed by atoms with Gasteiger partial charge in [-0.15, -0.1) is 0 Å². The Labute approximate surface area is 122 Å². The molecule has 4 heteroatoms. The second-order valence-electron chi connectivity index (χ2n) is 4.81. The molecular weight excluding hydrogens is 262 g/mol. The van der Waals surface area contributed by atoms with Gasteiger partial charge in [0.1, 0.15) is 5.69 Å². The van der Waals surface area contributed by atoms with E-state index in [9.17, 15) is 4.79 Å². The molecule has 0 spiro atoms. The first kappa shape index (κ1) is 12.9. The van der Waals surface area contributed by atoms with Crippen molar-refractivity contribution in [3.05, 3.63) is 65.4 Å². The molecule has 1 heterocycles. The zero-order valence-corrected chi connectivity index (χ0v) is 11.5. The first-order valence-electron chi connectivity index (χ1n) is 6.58. The van der Waals surface area contributed by atoms with Gasteiger partial charge in [0.2, 0.25) is 0 Å². The highest BCUT2D eigenvalue weighted by Crippen LogP contribution is 2.22. The average molecular weight is 275 g/mol. The van der Waals surface area contributed by atoms with Crippen LogP contribution in [0.25, 0.3) is 10.9 Å². The Bertz CT molecular complexity index is 854. The van der Waals surface area contributed by atoms with Crippen LogP contribution in [0, 0.1) is 18.3 Å². The van der Waals surface area contributed by atoms with Crippen molar-refractivity contribution >= 4 is 22.5 Å². The van der Waals surface area contributed by atoms with Gasteiger partial charge in [-0.3, -0.25) is 4.79 Å². The third kappa shape index (κ3) is 2.37. The zero-order valence-electron chi connectivity index (χ0n) is 11.5. The highest BCUT2D eigenvalue weighted by atomic mass is 16.1. The summed E-state index contributed by atoms with van der Waals surface area (Å²) >= 11 is 0. The standard InChI is InChI=1S/C17H13N3O/c1-11-14-4-2-3-5-15(14)20-16(11)17(21)19-13-8-6-12(10-18)7-9-13/h2-9,20H,1H3,(H,19,21). The van der Waals surface area contributed by atoms with Crippen LogP contribution in [-0.4, -0.2) is 10.9 Å². The van der Waals surface area contributed by atoms with E-state index in [1.54, 1.807) is 24.3 Å². The number of para-hydroxylation sites is 1. The summed E-state index contributed by atoms with van der Waals surface area (Å²) in [5.74, 6) is -0.187. The molecule has 0 unspecified atom stereocenters. The average Bonchev–Trinajstić information content (AvgIpc) is 2.86. The molecule has 0 aliphatic heterocycles. The molecule has 1 amide bonds. The second kappa shape index (κ2) is 5.14. The summed E-state index contributed by atoms with van der Waals surface area (Å²) in [7, 11) is 0. The molecule has 0 radical (unpaired) electrons. The van der Waals surface area contributed by atoms with E-state index in [1.165, 1.54) is 0 Å². The molecule has 2 N–H and O–H groups in total. The number of nitrogens with zero attached hydrogens (tertiary/aromatic N) is 1. The summed E-state index contributed by atoms with van der Waals surface area (Å²) in [5.41, 5.74) is 3.66. The Kier molecular flexibility index (Phi) is 3.17. The fraction of sp³-hybridized carbons (Fsp3) is 0.0588. The SMILES string of the molecule is Cc1c(C(=O)Nc2ccc(C#N)cc2)[nH]c2ccccc12. The number of nitriles is 1. The number of aromatic amines is 1. The van der Waals surface area contributed by atoms with Crippen LogP contribution < -0.4 is 5.32 Å². The van der Waals surface area contributed by atoms with Crippen LogP contribution in [0.15, 0.2) is 48.5 Å². The summed E-state index contributed by atoms with van der Waals surface area (Å²) in [5, 5.41) is 12.6. The van der Waals surface area contributed by atoms with Crippen LogP contribution in [0.4, 0.5) is 5.69 Å². The third-order valence-corrected chi connectivity index (χ3v) is 3.46. The highest BCUT2D eigenvalue weighted by Gasteiger charge is 2.14. The van der Waals surface area contributed by atoms with Gasteiger partial charge >= 0.3 is 0 Å². The smallest absolute Gasteiger partial charge is 0.272 e. The maximum Gasteiger partial charge on any atom is 0.272 e. The van der Waals surface area contributed by atoms with Crippen molar-refractivity contribution in [1.82, 2.24) is 4.98 Å². The lowest BCUT2D eigenvalue weighted by atomic mass is 10.1. The molecule has 0 atom stereocenters. The van der Waals surface area contributed by atoms with Crippen molar-refractivity contribution in [2.45, 2.75) is 6.92 Å². The summed E-state index contributed by atoms with van der Waals surface area (Å²) in [6, 6.07) is 16.6. The minimum Gasteiger partial charge on any atom is -0.350 e. The molecule has 0 aliphatic carbocycles. The van der Waals surface area contributed by atoms with Gasteiger partial charge in [-0.05, 0) is 42.8 Å². The molecule has 21 heavy (non-hydrogen) atoms. The van der Waals surface area contributed by atoms with E-state index < -0.39 is 0 Å². The van der Waals surface area contributed by atoms with Crippen molar-refractivity contribution in [3.63, 3.8) is 0 Å². The highest BCUT2D eigenvalue weighted by molar-refractivity contribution is 6.07. The number of amides is 1. The summed E-state index contributed by atoms with van der Waals surface area (Å²) < 4.78 is 0. The lowest BCUT2D eigenvalue weighted by molar-refractivity contribution is 0.102. The van der Waals surface area contributed by atoms with Gasteiger partial charge in [-0.1, -0.05) is 18.2 Å². The lowest BCUT2D eigenvalue weighted by Gasteiger charge is -2.04. The van der Waals surface area contributed by atoms with Gasteiger partial charge in [0, 0.05) is 16.6 Å². The summed E-state index contributed by atoms with van der Waals surface area (Å²) in [4.78, 5) is 15.5. The van der Waals surface area contributed by atoms with Gasteiger partial charge < -0.3 is 10.3 Å². The van der Waals surface area contributed by atoms with E-state index in [0.717, 1.165) is 16.5 Å². The number of nitrogens with one attached hydrogen (secondary N) is 2. The Morgan fingerprint density at radius 2 is 1.86 bits per heavy atom. The maximum atomic E-state index is 12.4. The molecule has 1 aromatic heterocycles. The lowest BCUT2D eigenvalue weighted by Crippen LogP contribution is -2.13. The number of aromatic nitrogens is 1. The Morgan fingerprint density at radius 3 is 2.52 bits per heavy atom. The molecule has 4 nitrogen and oxygen atoms in total. The van der Waals surface area contributed by atoms with E-state index in [0.29, 0.717) is 16.9 Å². The van der Waals surface area contributed by atoms with Crippen LogP contribution in [0.2, 0.25) is 0 Å². The van der Waals surface area contributed by atoms with E-state index in [2.05, 4.69) is 10.3 Å². The van der Waals surface area contributed by atoms with Crippen molar-refractivity contribution in [1.29, 1.82) is 5.26 Å². The molecule has 2 aromatic carbocycles.